The Morgan fingerprint density at radius 3 is 2.50 bits per heavy atom. The first-order valence-electron chi connectivity index (χ1n) is 10.4. The van der Waals surface area contributed by atoms with Crippen LogP contribution in [0, 0.1) is 5.82 Å². The van der Waals surface area contributed by atoms with E-state index in [0.717, 1.165) is 70.1 Å². The van der Waals surface area contributed by atoms with E-state index in [1.54, 1.807) is 13.1 Å². The lowest BCUT2D eigenvalue weighted by molar-refractivity contribution is -0.131. The molecular weight excluding hydrogens is 357 g/mol. The summed E-state index contributed by atoms with van der Waals surface area (Å²) in [5.41, 5.74) is 0.792. The quantitative estimate of drug-likeness (QED) is 0.628. The van der Waals surface area contributed by atoms with Gasteiger partial charge in [-0.3, -0.25) is 14.7 Å². The van der Waals surface area contributed by atoms with Crippen LogP contribution in [0.1, 0.15) is 30.7 Å². The van der Waals surface area contributed by atoms with Gasteiger partial charge in [0.1, 0.15) is 5.82 Å². The first-order valence-corrected chi connectivity index (χ1v) is 10.4. The van der Waals surface area contributed by atoms with Gasteiger partial charge in [-0.25, -0.2) is 4.39 Å². The number of aliphatic imine (C=N–C) groups is 1. The van der Waals surface area contributed by atoms with Crippen molar-refractivity contribution in [3.05, 3.63) is 35.6 Å². The fraction of sp³-hybridized carbons (Fsp3) is 0.619. The van der Waals surface area contributed by atoms with Crippen LogP contribution in [0.15, 0.2) is 29.3 Å². The van der Waals surface area contributed by atoms with Crippen molar-refractivity contribution in [1.82, 2.24) is 20.0 Å². The topological polar surface area (TPSA) is 51.2 Å². The molecule has 1 N–H and O–H groups in total. The van der Waals surface area contributed by atoms with Gasteiger partial charge in [0.25, 0.3) is 0 Å². The number of likely N-dealkylation sites (tertiary alicyclic amines) is 1. The van der Waals surface area contributed by atoms with Crippen LogP contribution in [-0.4, -0.2) is 85.5 Å². The Labute approximate surface area is 166 Å². The molecule has 2 aliphatic heterocycles. The number of nitrogens with one attached hydrogen (secondary N) is 1. The fourth-order valence-corrected chi connectivity index (χ4v) is 4.31. The number of amides is 1. The van der Waals surface area contributed by atoms with Crippen molar-refractivity contribution in [3.8, 4) is 0 Å². The minimum Gasteiger partial charge on any atom is -0.353 e. The number of guanidine groups is 1. The highest BCUT2D eigenvalue weighted by Crippen LogP contribution is 2.41. The SMILES string of the molecule is CN=C(NC1CC1c1ccccc1F)N1CCN(CC(=O)N2CCCC2)CC1. The summed E-state index contributed by atoms with van der Waals surface area (Å²) >= 11 is 0. The Balaban J connectivity index is 1.24. The predicted octanol–water partition coefficient (Wildman–Crippen LogP) is 1.50. The molecule has 0 aromatic heterocycles. The molecule has 1 amide bonds. The van der Waals surface area contributed by atoms with Gasteiger partial charge in [-0.05, 0) is 30.9 Å². The van der Waals surface area contributed by atoms with E-state index < -0.39 is 0 Å². The average molecular weight is 388 g/mol. The first kappa shape index (κ1) is 19.2. The molecule has 2 unspecified atom stereocenters. The molecule has 0 radical (unpaired) electrons. The summed E-state index contributed by atoms with van der Waals surface area (Å²) in [7, 11) is 1.80. The van der Waals surface area contributed by atoms with Crippen molar-refractivity contribution < 1.29 is 9.18 Å². The lowest BCUT2D eigenvalue weighted by Crippen LogP contribution is -2.54. The van der Waals surface area contributed by atoms with Crippen molar-refractivity contribution in [2.75, 3.05) is 52.9 Å². The van der Waals surface area contributed by atoms with Gasteiger partial charge in [0, 0.05) is 58.3 Å². The van der Waals surface area contributed by atoms with Crippen LogP contribution >= 0.6 is 0 Å². The van der Waals surface area contributed by atoms with Gasteiger partial charge >= 0.3 is 0 Å². The molecule has 2 saturated heterocycles. The molecule has 1 saturated carbocycles. The molecule has 7 heteroatoms. The standard InChI is InChI=1S/C21H30FN5O/c1-23-21(24-19-14-17(19)16-6-2-3-7-18(16)22)27-12-10-25(11-13-27)15-20(28)26-8-4-5-9-26/h2-3,6-7,17,19H,4-5,8-15H2,1H3,(H,23,24). The van der Waals surface area contributed by atoms with Crippen molar-refractivity contribution in [2.24, 2.45) is 4.99 Å². The molecule has 1 aromatic carbocycles. The van der Waals surface area contributed by atoms with Crippen molar-refractivity contribution in [3.63, 3.8) is 0 Å². The third kappa shape index (κ3) is 4.29. The Hall–Kier alpha value is -2.15. The van der Waals surface area contributed by atoms with Crippen LogP contribution < -0.4 is 5.32 Å². The number of carbonyl (C=O) groups is 1. The highest BCUT2D eigenvalue weighted by molar-refractivity contribution is 5.81. The molecule has 0 bridgehead atoms. The van der Waals surface area contributed by atoms with E-state index in [2.05, 4.69) is 20.1 Å². The predicted molar refractivity (Wildman–Crippen MR) is 108 cm³/mol. The van der Waals surface area contributed by atoms with Crippen LogP contribution in [0.5, 0.6) is 0 Å². The van der Waals surface area contributed by atoms with Gasteiger partial charge in [-0.2, -0.15) is 0 Å². The number of piperazine rings is 1. The van der Waals surface area contributed by atoms with Crippen LogP contribution in [0.2, 0.25) is 0 Å². The first-order chi connectivity index (χ1) is 13.7. The third-order valence-electron chi connectivity index (χ3n) is 6.11. The van der Waals surface area contributed by atoms with E-state index >= 15 is 0 Å². The molecule has 2 heterocycles. The molecule has 28 heavy (non-hydrogen) atoms. The largest absolute Gasteiger partial charge is 0.353 e. The number of benzene rings is 1. The number of carbonyl (C=O) groups excluding carboxylic acids is 1. The van der Waals surface area contributed by atoms with Gasteiger partial charge in [-0.1, -0.05) is 18.2 Å². The fourth-order valence-electron chi connectivity index (χ4n) is 4.31. The summed E-state index contributed by atoms with van der Waals surface area (Å²) < 4.78 is 14.0. The van der Waals surface area contributed by atoms with Gasteiger partial charge in [0.15, 0.2) is 5.96 Å². The van der Waals surface area contributed by atoms with Gasteiger partial charge in [-0.15, -0.1) is 0 Å². The number of rotatable bonds is 4. The van der Waals surface area contributed by atoms with Crippen LogP contribution in [0.25, 0.3) is 0 Å². The maximum atomic E-state index is 14.0. The summed E-state index contributed by atoms with van der Waals surface area (Å²) in [4.78, 5) is 23.2. The summed E-state index contributed by atoms with van der Waals surface area (Å²) in [6.45, 7) is 5.79. The molecule has 152 valence electrons. The van der Waals surface area contributed by atoms with Crippen LogP contribution in [-0.2, 0) is 4.79 Å². The Bertz CT molecular complexity index is 725. The van der Waals surface area contributed by atoms with E-state index in [9.17, 15) is 9.18 Å². The second-order valence-corrected chi connectivity index (χ2v) is 8.01. The number of hydrogen-bond acceptors (Lipinski definition) is 3. The molecular formula is C21H30FN5O. The molecule has 3 aliphatic rings. The molecule has 1 aliphatic carbocycles. The zero-order valence-electron chi connectivity index (χ0n) is 16.6. The molecule has 3 fully saturated rings. The van der Waals surface area contributed by atoms with E-state index in [-0.39, 0.29) is 23.7 Å². The van der Waals surface area contributed by atoms with Crippen LogP contribution in [0.3, 0.4) is 0 Å². The third-order valence-corrected chi connectivity index (χ3v) is 6.11. The van der Waals surface area contributed by atoms with Crippen LogP contribution in [0.4, 0.5) is 4.39 Å². The number of halogens is 1. The van der Waals surface area contributed by atoms with E-state index in [1.807, 2.05) is 17.0 Å². The average Bonchev–Trinajstić information content (AvgIpc) is 3.24. The summed E-state index contributed by atoms with van der Waals surface area (Å²) in [5, 5.41) is 3.50. The summed E-state index contributed by atoms with van der Waals surface area (Å²) in [6, 6.07) is 7.27. The van der Waals surface area contributed by atoms with Crippen molar-refractivity contribution in [2.45, 2.75) is 31.2 Å². The Morgan fingerprint density at radius 1 is 1.11 bits per heavy atom. The summed E-state index contributed by atoms with van der Waals surface area (Å²) in [6.07, 6.45) is 3.21. The zero-order valence-corrected chi connectivity index (χ0v) is 16.6. The van der Waals surface area contributed by atoms with E-state index in [1.165, 1.54) is 6.07 Å². The highest BCUT2D eigenvalue weighted by atomic mass is 19.1. The Kier molecular flexibility index (Phi) is 5.80. The van der Waals surface area contributed by atoms with Crippen molar-refractivity contribution >= 4 is 11.9 Å². The maximum Gasteiger partial charge on any atom is 0.236 e. The second kappa shape index (κ2) is 8.47. The minimum atomic E-state index is -0.122. The van der Waals surface area contributed by atoms with Gasteiger partial charge < -0.3 is 15.1 Å². The van der Waals surface area contributed by atoms with Gasteiger partial charge in [0.2, 0.25) is 5.91 Å². The monoisotopic (exact) mass is 387 g/mol. The molecule has 2 atom stereocenters. The smallest absolute Gasteiger partial charge is 0.236 e. The molecule has 0 spiro atoms. The Morgan fingerprint density at radius 2 is 1.82 bits per heavy atom. The zero-order chi connectivity index (χ0) is 19.5. The van der Waals surface area contributed by atoms with Gasteiger partial charge in [0.05, 0.1) is 6.54 Å². The minimum absolute atomic E-state index is 0.122. The number of hydrogen-bond donors (Lipinski definition) is 1. The molecule has 4 rings (SSSR count). The highest BCUT2D eigenvalue weighted by Gasteiger charge is 2.41. The molecule has 6 nitrogen and oxygen atoms in total. The number of nitrogens with zero attached hydrogens (tertiary/aromatic N) is 4. The van der Waals surface area contributed by atoms with E-state index in [4.69, 9.17) is 0 Å². The second-order valence-electron chi connectivity index (χ2n) is 8.01. The lowest BCUT2D eigenvalue weighted by atomic mass is 10.1. The van der Waals surface area contributed by atoms with E-state index in [0.29, 0.717) is 6.54 Å². The lowest BCUT2D eigenvalue weighted by Gasteiger charge is -2.36. The van der Waals surface area contributed by atoms with Crippen molar-refractivity contribution in [1.29, 1.82) is 0 Å². The summed E-state index contributed by atoms with van der Waals surface area (Å²) in [5.74, 6) is 1.24. The maximum absolute atomic E-state index is 14.0. The molecule has 1 aromatic rings. The normalized spacial score (nSPS) is 25.9.